The van der Waals surface area contributed by atoms with E-state index in [-0.39, 0.29) is 11.9 Å². The number of nitrogens with one attached hydrogen (secondary N) is 1. The Balaban J connectivity index is 2.24. The molecule has 0 spiro atoms. The number of rotatable bonds is 5. The highest BCUT2D eigenvalue weighted by Gasteiger charge is 2.15. The zero-order chi connectivity index (χ0) is 13.8. The van der Waals surface area contributed by atoms with E-state index < -0.39 is 0 Å². The van der Waals surface area contributed by atoms with Gasteiger partial charge >= 0.3 is 0 Å². The molecule has 0 saturated carbocycles. The molecule has 1 heterocycles. The average Bonchev–Trinajstić information content (AvgIpc) is 2.78. The summed E-state index contributed by atoms with van der Waals surface area (Å²) in [5.74, 6) is 0.713. The third kappa shape index (κ3) is 3.17. The Hall–Kier alpha value is -1.75. The molecule has 1 N–H and O–H groups in total. The molecule has 1 aromatic heterocycles. The van der Waals surface area contributed by atoms with Crippen molar-refractivity contribution < 1.29 is 4.39 Å². The predicted octanol–water partition coefficient (Wildman–Crippen LogP) is 2.16. The first-order chi connectivity index (χ1) is 9.11. The lowest BCUT2D eigenvalue weighted by Gasteiger charge is -2.18. The van der Waals surface area contributed by atoms with Gasteiger partial charge in [0.2, 0.25) is 0 Å². The molecule has 1 atom stereocenters. The zero-order valence-corrected chi connectivity index (χ0v) is 11.5. The number of nitrogens with zero attached hydrogens (tertiary/aromatic N) is 3. The smallest absolute Gasteiger partial charge is 0.138 e. The molecule has 102 valence electrons. The van der Waals surface area contributed by atoms with Crippen molar-refractivity contribution in [3.63, 3.8) is 0 Å². The van der Waals surface area contributed by atoms with Crippen LogP contribution in [0.15, 0.2) is 24.5 Å². The molecule has 0 bridgehead atoms. The van der Waals surface area contributed by atoms with Crippen LogP contribution in [0.5, 0.6) is 0 Å². The van der Waals surface area contributed by atoms with Crippen LogP contribution in [-0.4, -0.2) is 21.3 Å². The lowest BCUT2D eigenvalue weighted by atomic mass is 10.0. The zero-order valence-electron chi connectivity index (χ0n) is 11.5. The monoisotopic (exact) mass is 262 g/mol. The molecule has 0 saturated heterocycles. The van der Waals surface area contributed by atoms with E-state index in [1.54, 1.807) is 17.7 Å². The van der Waals surface area contributed by atoms with Gasteiger partial charge in [0.1, 0.15) is 18.0 Å². The van der Waals surface area contributed by atoms with Crippen molar-refractivity contribution in [1.29, 1.82) is 0 Å². The highest BCUT2D eigenvalue weighted by atomic mass is 19.1. The van der Waals surface area contributed by atoms with E-state index in [1.807, 2.05) is 26.1 Å². The van der Waals surface area contributed by atoms with Crippen molar-refractivity contribution in [3.8, 4) is 0 Å². The van der Waals surface area contributed by atoms with Crippen molar-refractivity contribution in [2.24, 2.45) is 7.05 Å². The van der Waals surface area contributed by atoms with E-state index >= 15 is 0 Å². The van der Waals surface area contributed by atoms with Gasteiger partial charge < -0.3 is 5.32 Å². The van der Waals surface area contributed by atoms with Crippen molar-refractivity contribution in [2.75, 3.05) is 6.54 Å². The maximum absolute atomic E-state index is 13.7. The Bertz CT molecular complexity index is 550. The van der Waals surface area contributed by atoms with Crippen molar-refractivity contribution in [1.82, 2.24) is 20.1 Å². The molecule has 2 aromatic rings. The van der Waals surface area contributed by atoms with E-state index in [9.17, 15) is 4.39 Å². The molecule has 0 fully saturated rings. The second-order valence-electron chi connectivity index (χ2n) is 4.62. The maximum atomic E-state index is 13.7. The van der Waals surface area contributed by atoms with Crippen LogP contribution >= 0.6 is 0 Å². The Morgan fingerprint density at radius 3 is 2.79 bits per heavy atom. The number of benzene rings is 1. The first-order valence-electron chi connectivity index (χ1n) is 6.44. The lowest BCUT2D eigenvalue weighted by molar-refractivity contribution is 0.517. The van der Waals surface area contributed by atoms with Crippen molar-refractivity contribution >= 4 is 0 Å². The number of hydrogen-bond acceptors (Lipinski definition) is 3. The fourth-order valence-electron chi connectivity index (χ4n) is 2.07. The number of likely N-dealkylation sites (N-methyl/N-ethyl adjacent to an activating group) is 1. The van der Waals surface area contributed by atoms with Crippen LogP contribution in [0.4, 0.5) is 4.39 Å². The molecule has 0 aliphatic heterocycles. The molecule has 5 heteroatoms. The van der Waals surface area contributed by atoms with Gasteiger partial charge in [-0.25, -0.2) is 9.37 Å². The van der Waals surface area contributed by atoms with Gasteiger partial charge in [-0.1, -0.05) is 19.1 Å². The third-order valence-electron chi connectivity index (χ3n) is 3.24. The molecule has 0 radical (unpaired) electrons. The molecule has 0 aliphatic carbocycles. The SMILES string of the molecule is CCNC(Cc1ncnn1C)c1ccc(C)c(F)c1. The van der Waals surface area contributed by atoms with Gasteiger partial charge in [-0.15, -0.1) is 0 Å². The summed E-state index contributed by atoms with van der Waals surface area (Å²) in [5, 5.41) is 7.42. The summed E-state index contributed by atoms with van der Waals surface area (Å²) in [5.41, 5.74) is 1.60. The standard InChI is InChI=1S/C14H19FN4/c1-4-16-13(8-14-17-9-18-19(14)3)11-6-5-10(2)12(15)7-11/h5-7,9,13,16H,4,8H2,1-3H3. The summed E-state index contributed by atoms with van der Waals surface area (Å²) in [6.07, 6.45) is 2.22. The van der Waals surface area contributed by atoms with Crippen LogP contribution in [0, 0.1) is 12.7 Å². The molecule has 4 nitrogen and oxygen atoms in total. The lowest BCUT2D eigenvalue weighted by Crippen LogP contribution is -2.24. The topological polar surface area (TPSA) is 42.7 Å². The first kappa shape index (κ1) is 13.7. The van der Waals surface area contributed by atoms with Gasteiger partial charge in [0.25, 0.3) is 0 Å². The van der Waals surface area contributed by atoms with Crippen LogP contribution in [0.2, 0.25) is 0 Å². The molecule has 1 unspecified atom stereocenters. The number of halogens is 1. The Labute approximate surface area is 112 Å². The fraction of sp³-hybridized carbons (Fsp3) is 0.429. The van der Waals surface area contributed by atoms with Crippen LogP contribution in [-0.2, 0) is 13.5 Å². The summed E-state index contributed by atoms with van der Waals surface area (Å²) in [7, 11) is 1.86. The van der Waals surface area contributed by atoms with Gasteiger partial charge in [0.15, 0.2) is 0 Å². The van der Waals surface area contributed by atoms with Gasteiger partial charge in [-0.3, -0.25) is 4.68 Å². The molecular weight excluding hydrogens is 243 g/mol. The highest BCUT2D eigenvalue weighted by molar-refractivity contribution is 5.26. The van der Waals surface area contributed by atoms with Gasteiger partial charge in [-0.2, -0.15) is 5.10 Å². The number of hydrogen-bond donors (Lipinski definition) is 1. The van der Waals surface area contributed by atoms with Crippen LogP contribution in [0.3, 0.4) is 0 Å². The van der Waals surface area contributed by atoms with Crippen LogP contribution < -0.4 is 5.32 Å². The highest BCUT2D eigenvalue weighted by Crippen LogP contribution is 2.19. The Morgan fingerprint density at radius 2 is 2.21 bits per heavy atom. The van der Waals surface area contributed by atoms with Crippen LogP contribution in [0.25, 0.3) is 0 Å². The summed E-state index contributed by atoms with van der Waals surface area (Å²) >= 11 is 0. The van der Waals surface area contributed by atoms with Gasteiger partial charge in [0, 0.05) is 19.5 Å². The summed E-state index contributed by atoms with van der Waals surface area (Å²) in [4.78, 5) is 4.22. The molecule has 2 rings (SSSR count). The van der Waals surface area contributed by atoms with Crippen molar-refractivity contribution in [2.45, 2.75) is 26.3 Å². The van der Waals surface area contributed by atoms with E-state index in [0.717, 1.165) is 17.9 Å². The molecular formula is C14H19FN4. The number of aryl methyl sites for hydroxylation is 2. The maximum Gasteiger partial charge on any atom is 0.138 e. The summed E-state index contributed by atoms with van der Waals surface area (Å²) in [6, 6.07) is 5.41. The largest absolute Gasteiger partial charge is 0.310 e. The minimum absolute atomic E-state index is 0.0444. The second kappa shape index (κ2) is 5.93. The van der Waals surface area contributed by atoms with Crippen LogP contribution in [0.1, 0.15) is 29.9 Å². The minimum Gasteiger partial charge on any atom is -0.310 e. The molecule has 19 heavy (non-hydrogen) atoms. The second-order valence-corrected chi connectivity index (χ2v) is 4.62. The summed E-state index contributed by atoms with van der Waals surface area (Å²) in [6.45, 7) is 4.62. The molecule has 1 aromatic carbocycles. The fourth-order valence-corrected chi connectivity index (χ4v) is 2.07. The van der Waals surface area contributed by atoms with Crippen molar-refractivity contribution in [3.05, 3.63) is 47.3 Å². The Morgan fingerprint density at radius 1 is 1.42 bits per heavy atom. The minimum atomic E-state index is -0.168. The average molecular weight is 262 g/mol. The van der Waals surface area contributed by atoms with E-state index in [0.29, 0.717) is 12.0 Å². The van der Waals surface area contributed by atoms with E-state index in [1.165, 1.54) is 6.33 Å². The third-order valence-corrected chi connectivity index (χ3v) is 3.24. The molecule has 0 aliphatic rings. The predicted molar refractivity (Wildman–Crippen MR) is 72.3 cm³/mol. The van der Waals surface area contributed by atoms with E-state index in [2.05, 4.69) is 15.4 Å². The van der Waals surface area contributed by atoms with Gasteiger partial charge in [0.05, 0.1) is 0 Å². The number of aromatic nitrogens is 3. The summed E-state index contributed by atoms with van der Waals surface area (Å²) < 4.78 is 15.4. The van der Waals surface area contributed by atoms with Gasteiger partial charge in [-0.05, 0) is 30.7 Å². The Kier molecular flexibility index (Phi) is 4.27. The quantitative estimate of drug-likeness (QED) is 0.898. The normalized spacial score (nSPS) is 12.6. The first-order valence-corrected chi connectivity index (χ1v) is 6.44. The molecule has 0 amide bonds. The van der Waals surface area contributed by atoms with E-state index in [4.69, 9.17) is 0 Å².